The molecule has 0 atom stereocenters. The van der Waals surface area contributed by atoms with Crippen LogP contribution in [0.5, 0.6) is 5.75 Å². The van der Waals surface area contributed by atoms with E-state index in [-0.39, 0.29) is 23.7 Å². The second kappa shape index (κ2) is 8.95. The predicted molar refractivity (Wildman–Crippen MR) is 115 cm³/mol. The van der Waals surface area contributed by atoms with Gasteiger partial charge in [0.25, 0.3) is 0 Å². The number of nitrogens with zero attached hydrogens (tertiary/aromatic N) is 3. The molecule has 2 aromatic rings. The summed E-state index contributed by atoms with van der Waals surface area (Å²) in [5, 5.41) is 2.80. The van der Waals surface area contributed by atoms with Crippen molar-refractivity contribution in [1.82, 2.24) is 14.8 Å². The lowest BCUT2D eigenvalue weighted by molar-refractivity contribution is -0.144. The van der Waals surface area contributed by atoms with Crippen LogP contribution in [0.1, 0.15) is 33.4 Å². The Hall–Kier alpha value is -2.41. The quantitative estimate of drug-likeness (QED) is 0.750. The van der Waals surface area contributed by atoms with Gasteiger partial charge in [0.15, 0.2) is 0 Å². The third kappa shape index (κ3) is 5.15. The summed E-state index contributed by atoms with van der Waals surface area (Å²) < 4.78 is 5.69. The van der Waals surface area contributed by atoms with E-state index in [1.54, 1.807) is 0 Å². The van der Waals surface area contributed by atoms with E-state index in [1.165, 1.54) is 11.3 Å². The van der Waals surface area contributed by atoms with Crippen molar-refractivity contribution in [3.05, 3.63) is 35.3 Å². The number of ether oxygens (including phenoxy) is 1. The molecule has 0 radical (unpaired) electrons. The molecule has 1 aromatic heterocycles. The van der Waals surface area contributed by atoms with Gasteiger partial charge in [0, 0.05) is 37.0 Å². The fourth-order valence-electron chi connectivity index (χ4n) is 3.34. The zero-order valence-electron chi connectivity index (χ0n) is 17.6. The summed E-state index contributed by atoms with van der Waals surface area (Å²) in [5.41, 5.74) is 1.34. The fourth-order valence-corrected chi connectivity index (χ4v) is 4.19. The van der Waals surface area contributed by atoms with Crippen molar-refractivity contribution in [2.24, 2.45) is 5.41 Å². The highest BCUT2D eigenvalue weighted by Gasteiger charge is 2.30. The van der Waals surface area contributed by atoms with E-state index >= 15 is 0 Å². The minimum Gasteiger partial charge on any atom is -0.493 e. The van der Waals surface area contributed by atoms with Crippen molar-refractivity contribution in [2.45, 2.75) is 34.1 Å². The zero-order chi connectivity index (χ0) is 21.0. The molecular formula is C22H29N3O3S. The van der Waals surface area contributed by atoms with E-state index in [9.17, 15) is 9.59 Å². The first-order valence-electron chi connectivity index (χ1n) is 10.0. The number of benzene rings is 1. The maximum absolute atomic E-state index is 12.7. The Morgan fingerprint density at radius 1 is 1.10 bits per heavy atom. The Bertz CT molecular complexity index is 864. The number of para-hydroxylation sites is 1. The number of amides is 2. The van der Waals surface area contributed by atoms with Gasteiger partial charge in [0.05, 0.1) is 24.3 Å². The van der Waals surface area contributed by atoms with Crippen molar-refractivity contribution in [3.63, 3.8) is 0 Å². The summed E-state index contributed by atoms with van der Waals surface area (Å²) in [6, 6.07) is 7.82. The molecular weight excluding hydrogens is 386 g/mol. The van der Waals surface area contributed by atoms with E-state index in [4.69, 9.17) is 4.74 Å². The lowest BCUT2D eigenvalue weighted by atomic mass is 9.94. The maximum Gasteiger partial charge on any atom is 0.228 e. The first-order valence-corrected chi connectivity index (χ1v) is 10.9. The molecule has 2 heterocycles. The number of thiazole rings is 1. The molecule has 1 saturated heterocycles. The molecule has 156 valence electrons. The number of rotatable bonds is 5. The molecule has 0 unspecified atom stereocenters. The second-order valence-corrected chi connectivity index (χ2v) is 9.03. The summed E-state index contributed by atoms with van der Waals surface area (Å²) in [4.78, 5) is 33.5. The van der Waals surface area contributed by atoms with Crippen molar-refractivity contribution in [2.75, 3.05) is 32.8 Å². The fraction of sp³-hybridized carbons (Fsp3) is 0.500. The number of carbonyl (C=O) groups is 2. The highest BCUT2D eigenvalue weighted by atomic mass is 32.1. The zero-order valence-corrected chi connectivity index (χ0v) is 18.4. The Balaban J connectivity index is 1.60. The summed E-state index contributed by atoms with van der Waals surface area (Å²) in [7, 11) is 0. The van der Waals surface area contributed by atoms with Crippen LogP contribution in [-0.4, -0.2) is 59.4 Å². The van der Waals surface area contributed by atoms with E-state index in [0.717, 1.165) is 22.0 Å². The Morgan fingerprint density at radius 3 is 2.41 bits per heavy atom. The van der Waals surface area contributed by atoms with E-state index in [0.29, 0.717) is 32.8 Å². The predicted octanol–water partition coefficient (Wildman–Crippen LogP) is 3.47. The molecule has 1 aliphatic rings. The lowest BCUT2D eigenvalue weighted by Gasteiger charge is -2.37. The van der Waals surface area contributed by atoms with Gasteiger partial charge in [-0.25, -0.2) is 4.98 Å². The molecule has 0 spiro atoms. The van der Waals surface area contributed by atoms with Crippen LogP contribution in [0, 0.1) is 5.41 Å². The normalized spacial score (nSPS) is 14.8. The molecule has 1 fully saturated rings. The van der Waals surface area contributed by atoms with Gasteiger partial charge >= 0.3 is 0 Å². The molecule has 0 N–H and O–H groups in total. The van der Waals surface area contributed by atoms with Gasteiger partial charge in [-0.3, -0.25) is 9.59 Å². The average Bonchev–Trinajstić information content (AvgIpc) is 3.15. The van der Waals surface area contributed by atoms with E-state index in [2.05, 4.69) is 4.98 Å². The van der Waals surface area contributed by atoms with Gasteiger partial charge in [-0.1, -0.05) is 32.9 Å². The van der Waals surface area contributed by atoms with Gasteiger partial charge in [0.1, 0.15) is 10.8 Å². The Labute approximate surface area is 176 Å². The van der Waals surface area contributed by atoms with Crippen LogP contribution in [0.2, 0.25) is 0 Å². The SMILES string of the molecule is CCOc1ccccc1-c1nc(CC(=O)N2CCN(C(=O)C(C)(C)C)CC2)cs1. The van der Waals surface area contributed by atoms with E-state index < -0.39 is 0 Å². The van der Waals surface area contributed by atoms with Crippen LogP contribution in [0.25, 0.3) is 10.6 Å². The molecule has 0 bridgehead atoms. The molecule has 3 rings (SSSR count). The van der Waals surface area contributed by atoms with Gasteiger partial charge in [-0.15, -0.1) is 11.3 Å². The molecule has 0 saturated carbocycles. The summed E-state index contributed by atoms with van der Waals surface area (Å²) >= 11 is 1.52. The van der Waals surface area contributed by atoms with Crippen LogP contribution in [0.4, 0.5) is 0 Å². The third-order valence-electron chi connectivity index (χ3n) is 4.86. The van der Waals surface area contributed by atoms with Crippen LogP contribution < -0.4 is 4.74 Å². The van der Waals surface area contributed by atoms with Crippen LogP contribution in [0.15, 0.2) is 29.6 Å². The van der Waals surface area contributed by atoms with Crippen molar-refractivity contribution < 1.29 is 14.3 Å². The Morgan fingerprint density at radius 2 is 1.76 bits per heavy atom. The number of aromatic nitrogens is 1. The average molecular weight is 416 g/mol. The van der Waals surface area contributed by atoms with Crippen LogP contribution in [-0.2, 0) is 16.0 Å². The van der Waals surface area contributed by atoms with Crippen molar-refractivity contribution in [3.8, 4) is 16.3 Å². The van der Waals surface area contributed by atoms with Crippen LogP contribution in [0.3, 0.4) is 0 Å². The summed E-state index contributed by atoms with van der Waals surface area (Å²) in [6.45, 7) is 10.7. The molecule has 7 heteroatoms. The number of carbonyl (C=O) groups excluding carboxylic acids is 2. The lowest BCUT2D eigenvalue weighted by Crippen LogP contribution is -2.53. The third-order valence-corrected chi connectivity index (χ3v) is 5.79. The minimum absolute atomic E-state index is 0.0581. The topological polar surface area (TPSA) is 62.7 Å². The molecule has 2 amide bonds. The summed E-state index contributed by atoms with van der Waals surface area (Å²) in [6.07, 6.45) is 0.278. The van der Waals surface area contributed by atoms with Crippen LogP contribution >= 0.6 is 11.3 Å². The number of hydrogen-bond acceptors (Lipinski definition) is 5. The van der Waals surface area contributed by atoms with Gasteiger partial charge < -0.3 is 14.5 Å². The monoisotopic (exact) mass is 415 g/mol. The summed E-state index contributed by atoms with van der Waals surface area (Å²) in [5.74, 6) is 1.01. The largest absolute Gasteiger partial charge is 0.493 e. The highest BCUT2D eigenvalue weighted by Crippen LogP contribution is 2.32. The van der Waals surface area contributed by atoms with Gasteiger partial charge in [-0.2, -0.15) is 0 Å². The number of piperazine rings is 1. The molecule has 1 aromatic carbocycles. The Kier molecular flexibility index (Phi) is 6.57. The molecule has 0 aliphatic carbocycles. The first kappa shape index (κ1) is 21.3. The molecule has 1 aliphatic heterocycles. The van der Waals surface area contributed by atoms with E-state index in [1.807, 2.05) is 67.1 Å². The highest BCUT2D eigenvalue weighted by molar-refractivity contribution is 7.13. The number of hydrogen-bond donors (Lipinski definition) is 0. The van der Waals surface area contributed by atoms with Crippen molar-refractivity contribution >= 4 is 23.2 Å². The molecule has 6 nitrogen and oxygen atoms in total. The standard InChI is InChI=1S/C22H29N3O3S/c1-5-28-18-9-7-6-8-17(18)20-23-16(15-29-20)14-19(26)24-10-12-25(13-11-24)21(27)22(2,3)4/h6-9,15H,5,10-14H2,1-4H3. The first-order chi connectivity index (χ1) is 13.8. The van der Waals surface area contributed by atoms with Gasteiger partial charge in [-0.05, 0) is 19.1 Å². The smallest absolute Gasteiger partial charge is 0.228 e. The maximum atomic E-state index is 12.7. The van der Waals surface area contributed by atoms with Gasteiger partial charge in [0.2, 0.25) is 11.8 Å². The minimum atomic E-state index is -0.388. The van der Waals surface area contributed by atoms with Crippen molar-refractivity contribution in [1.29, 1.82) is 0 Å². The second-order valence-electron chi connectivity index (χ2n) is 8.17. The molecule has 29 heavy (non-hydrogen) atoms.